The third kappa shape index (κ3) is 14.3. The molecule has 0 radical (unpaired) electrons. The Labute approximate surface area is 339 Å². The van der Waals surface area contributed by atoms with Gasteiger partial charge in [-0.05, 0) is 73.9 Å². The maximum atomic E-state index is 12.6. The number of hydrogen-bond acceptors (Lipinski definition) is 8. The van der Waals surface area contributed by atoms with E-state index >= 15 is 0 Å². The Morgan fingerprint density at radius 3 is 1.21 bits per heavy atom. The Balaban J connectivity index is 0.000000374. The summed E-state index contributed by atoms with van der Waals surface area (Å²) in [6.07, 6.45) is 8.49. The van der Waals surface area contributed by atoms with Gasteiger partial charge in [0, 0.05) is 11.1 Å². The van der Waals surface area contributed by atoms with Gasteiger partial charge in [0.05, 0.1) is 58.1 Å². The highest BCUT2D eigenvalue weighted by Crippen LogP contribution is 2.35. The molecule has 0 atom stereocenters. The molecule has 2 aromatic heterocycles. The monoisotopic (exact) mass is 890 g/mol. The molecule has 6 rings (SSSR count). The quantitative estimate of drug-likeness (QED) is 0.129. The van der Waals surface area contributed by atoms with Crippen LogP contribution in [0.2, 0.25) is 20.1 Å². The molecule has 312 valence electrons. The molecule has 2 heterocycles. The van der Waals surface area contributed by atoms with Crippen LogP contribution in [0.25, 0.3) is 0 Å². The maximum absolute atomic E-state index is 12.6. The van der Waals surface area contributed by atoms with E-state index in [1.54, 1.807) is 0 Å². The van der Waals surface area contributed by atoms with Crippen LogP contribution in [-0.4, -0.2) is 74.6 Å². The second-order valence-corrected chi connectivity index (χ2v) is 13.4. The van der Waals surface area contributed by atoms with Crippen LogP contribution in [0.4, 0.5) is 17.6 Å². The molecule has 0 saturated heterocycles. The van der Waals surface area contributed by atoms with Gasteiger partial charge in [-0.2, -0.15) is 27.0 Å². The maximum Gasteiger partial charge on any atom is 0.387 e. The van der Waals surface area contributed by atoms with Crippen molar-refractivity contribution in [1.29, 1.82) is 0 Å². The first-order valence-corrected chi connectivity index (χ1v) is 17.3. The lowest BCUT2D eigenvalue weighted by Gasteiger charge is -2.12. The molecule has 2 aliphatic rings. The average molecular weight is 892 g/mol. The molecule has 2 saturated carbocycles. The van der Waals surface area contributed by atoms with Crippen LogP contribution in [0, 0.1) is 11.8 Å². The van der Waals surface area contributed by atoms with Crippen molar-refractivity contribution in [2.24, 2.45) is 21.8 Å². The third-order valence-corrected chi connectivity index (χ3v) is 8.58. The predicted octanol–water partition coefficient (Wildman–Crippen LogP) is 5.85. The molecule has 15 nitrogen and oxygen atoms in total. The predicted molar refractivity (Wildman–Crippen MR) is 196 cm³/mol. The first-order valence-electron chi connectivity index (χ1n) is 15.8. The average Bonchev–Trinajstić information content (AvgIpc) is 4.03. The number of rotatable bonds is 12. The van der Waals surface area contributed by atoms with E-state index in [2.05, 4.69) is 19.5 Å². The summed E-state index contributed by atoms with van der Waals surface area (Å²) in [4.78, 5) is 32.6. The molecule has 57 heavy (non-hydrogen) atoms. The largest absolute Gasteiger partial charge is 0.489 e. The lowest BCUT2D eigenvalue weighted by Crippen LogP contribution is -2.13. The summed E-state index contributed by atoms with van der Waals surface area (Å²) >= 11 is 23.7. The van der Waals surface area contributed by atoms with Crippen LogP contribution < -0.4 is 29.7 Å². The van der Waals surface area contributed by atoms with E-state index in [0.29, 0.717) is 34.5 Å². The van der Waals surface area contributed by atoms with Crippen LogP contribution >= 0.6 is 46.4 Å². The van der Waals surface area contributed by atoms with Gasteiger partial charge < -0.3 is 45.8 Å². The van der Waals surface area contributed by atoms with Crippen molar-refractivity contribution in [3.05, 3.63) is 103 Å². The number of aromatic nitrogens is 2. The lowest BCUT2D eigenvalue weighted by molar-refractivity contribution is -0.0521. The number of carbonyl (C=O) groups excluding carboxylic acids is 2. The number of amides is 2. The molecule has 4 aromatic rings. The topological polar surface area (TPSA) is 241 Å². The summed E-state index contributed by atoms with van der Waals surface area (Å²) in [5.41, 5.74) is 0.158. The van der Waals surface area contributed by atoms with Crippen LogP contribution in [0.5, 0.6) is 23.0 Å². The Kier molecular flexibility index (Phi) is 18.4. The summed E-state index contributed by atoms with van der Waals surface area (Å²) in [5, 5.41) is 18.5. The molecule has 23 heteroatoms. The fraction of sp³-hybridized carbons (Fsp3) is 0.294. The smallest absolute Gasteiger partial charge is 0.387 e. The van der Waals surface area contributed by atoms with Crippen molar-refractivity contribution in [2.45, 2.75) is 38.9 Å². The molecule has 8 N–H and O–H groups in total. The van der Waals surface area contributed by atoms with Gasteiger partial charge in [-0.25, -0.2) is 9.98 Å². The Morgan fingerprint density at radius 1 is 0.614 bits per heavy atom. The van der Waals surface area contributed by atoms with Crippen molar-refractivity contribution < 1.29 is 72.9 Å². The molecular formula is C34H34Cl4F4N4O11. The number of halogens is 8. The van der Waals surface area contributed by atoms with Crippen molar-refractivity contribution in [3.8, 4) is 23.0 Å². The van der Waals surface area contributed by atoms with E-state index < -0.39 is 25.0 Å². The van der Waals surface area contributed by atoms with Gasteiger partial charge in [-0.15, -0.1) is 0 Å². The van der Waals surface area contributed by atoms with Gasteiger partial charge in [0.25, 0.3) is 11.8 Å². The molecular weight excluding hydrogens is 858 g/mol. The molecule has 0 unspecified atom stereocenters. The molecule has 0 bridgehead atoms. The zero-order valence-corrected chi connectivity index (χ0v) is 32.0. The minimum atomic E-state index is -3.02. The highest BCUT2D eigenvalue weighted by atomic mass is 35.5. The van der Waals surface area contributed by atoms with Crippen molar-refractivity contribution in [2.75, 3.05) is 13.2 Å². The Hall–Kier alpha value is -4.76. The molecule has 2 amide bonds. The normalized spacial score (nSPS) is 12.8. The van der Waals surface area contributed by atoms with E-state index in [1.807, 2.05) is 0 Å². The number of alkyl halides is 4. The van der Waals surface area contributed by atoms with Gasteiger partial charge in [-0.1, -0.05) is 46.4 Å². The minimum Gasteiger partial charge on any atom is -0.489 e. The van der Waals surface area contributed by atoms with Gasteiger partial charge in [0.15, 0.2) is 23.0 Å². The second-order valence-electron chi connectivity index (χ2n) is 11.8. The first kappa shape index (κ1) is 48.4. The van der Waals surface area contributed by atoms with Gasteiger partial charge in [0.1, 0.15) is 10.7 Å². The fourth-order valence-corrected chi connectivity index (χ4v) is 5.51. The number of carbonyl (C=O) groups is 2. The molecule has 2 fully saturated rings. The molecule has 0 aliphatic heterocycles. The first-order chi connectivity index (χ1) is 25.7. The number of nitrogens with zero attached hydrogens (tertiary/aromatic N) is 4. The lowest BCUT2D eigenvalue weighted by atomic mass is 10.2. The molecule has 2 aromatic carbocycles. The summed E-state index contributed by atoms with van der Waals surface area (Å²) in [6, 6.07) is 7.56. The van der Waals surface area contributed by atoms with Crippen molar-refractivity contribution in [3.63, 3.8) is 0 Å². The van der Waals surface area contributed by atoms with Gasteiger partial charge in [0.2, 0.25) is 0 Å². The molecule has 0 spiro atoms. The van der Waals surface area contributed by atoms with E-state index in [9.17, 15) is 37.6 Å². The van der Waals surface area contributed by atoms with Gasteiger partial charge >= 0.3 is 13.2 Å². The van der Waals surface area contributed by atoms with Crippen LogP contribution in [0.15, 0.2) is 71.2 Å². The highest BCUT2D eigenvalue weighted by Gasteiger charge is 2.25. The SMILES string of the molecule is O.O.O.O=C(N=c1c(Cl)cn(O)cc1Cl)c1ccc(OC(F)F)c(OCC2CC2)c1.O=C(N=c1c(Cl)cn(O)cc1Cl)c1ccc(OC(F)F)c(OCC2CC2)c1. The van der Waals surface area contributed by atoms with Crippen LogP contribution in [0.1, 0.15) is 46.4 Å². The number of ether oxygens (including phenoxy) is 4. The summed E-state index contributed by atoms with van der Waals surface area (Å²) in [7, 11) is 0. The Morgan fingerprint density at radius 2 is 0.930 bits per heavy atom. The minimum absolute atomic E-state index is 0. The second kappa shape index (κ2) is 21.7. The number of hydrogen-bond donors (Lipinski definition) is 2. The van der Waals surface area contributed by atoms with Gasteiger partial charge in [-0.3, -0.25) is 9.59 Å². The fourth-order valence-electron chi connectivity index (χ4n) is 4.44. The highest BCUT2D eigenvalue weighted by molar-refractivity contribution is 6.34. The zero-order chi connectivity index (χ0) is 39.1. The number of benzene rings is 2. The van der Waals surface area contributed by atoms with Crippen molar-refractivity contribution in [1.82, 2.24) is 9.46 Å². The molecule has 2 aliphatic carbocycles. The van der Waals surface area contributed by atoms with E-state index in [1.165, 1.54) is 36.4 Å². The summed E-state index contributed by atoms with van der Waals surface area (Å²) in [6.45, 7) is -5.35. The third-order valence-electron chi connectivity index (χ3n) is 7.47. The van der Waals surface area contributed by atoms with Crippen molar-refractivity contribution >= 4 is 58.2 Å². The van der Waals surface area contributed by atoms with Crippen LogP contribution in [-0.2, 0) is 0 Å². The zero-order valence-electron chi connectivity index (χ0n) is 29.0. The number of pyridine rings is 2. The van der Waals surface area contributed by atoms with E-state index in [-0.39, 0.29) is 81.4 Å². The summed E-state index contributed by atoms with van der Waals surface area (Å²) in [5.74, 6) is -0.952. The standard InChI is InChI=1S/2C17H14Cl2F2N2O4.3H2O/c2*18-11-6-23(25)7-12(19)15(11)22-16(24)10-3-4-13(27-17(20)21)14(5-10)26-8-9-1-2-9;;;/h2*3-7,9,17,25H,1-2,8H2;3*1H2. The van der Waals surface area contributed by atoms with E-state index in [0.717, 1.165) is 50.5 Å². The van der Waals surface area contributed by atoms with Crippen LogP contribution in [0.3, 0.4) is 0 Å². The summed E-state index contributed by atoms with van der Waals surface area (Å²) < 4.78 is 71.4. The Bertz CT molecular complexity index is 1970. The van der Waals surface area contributed by atoms with E-state index in [4.69, 9.17) is 55.9 Å².